The number of nitrogens with one attached hydrogen (secondary N) is 2. The van der Waals surface area contributed by atoms with Crippen molar-refractivity contribution in [3.05, 3.63) is 64.6 Å². The number of morpholine rings is 1. The molecular formula is C25H28N4O4. The van der Waals surface area contributed by atoms with Gasteiger partial charge < -0.3 is 15.0 Å². The number of piperidine rings is 1. The normalized spacial score (nSPS) is 30.4. The molecule has 172 valence electrons. The van der Waals surface area contributed by atoms with Crippen LogP contribution >= 0.6 is 0 Å². The molecule has 2 N–H and O–H groups in total. The highest BCUT2D eigenvalue weighted by atomic mass is 16.5. The first-order chi connectivity index (χ1) is 19.6. The second-order valence-electron chi connectivity index (χ2n) is 7.80. The molecule has 0 bridgehead atoms. The monoisotopic (exact) mass is 457 g/mol. The standard InChI is InChI=1S/C25H28N4O4/c30-23-9-8-22(24(31)27-23)29-16-20-19(25(29)32)2-1-3-21(20)26-14-17-4-6-18(7-5-17)15-28-10-12-33-13-11-28/h1-7,22,26H,8-16H2,(H,27,30,31)/t22-/m1/s1/i4D,5D,6D,7D,8D2,9D2,22D. The number of nitrogens with zero attached hydrogens (tertiary/aromatic N) is 2. The molecule has 33 heavy (non-hydrogen) atoms. The first kappa shape index (κ1) is 13.5. The van der Waals surface area contributed by atoms with Crippen LogP contribution in [0.3, 0.4) is 0 Å². The average Bonchev–Trinajstić information content (AvgIpc) is 3.30. The third-order valence-electron chi connectivity index (χ3n) is 5.64. The van der Waals surface area contributed by atoms with Gasteiger partial charge >= 0.3 is 0 Å². The molecule has 3 aliphatic rings. The van der Waals surface area contributed by atoms with Gasteiger partial charge in [0.2, 0.25) is 11.8 Å². The Balaban J connectivity index is 1.42. The van der Waals surface area contributed by atoms with Gasteiger partial charge in [-0.15, -0.1) is 0 Å². The highest BCUT2D eigenvalue weighted by Crippen LogP contribution is 2.32. The van der Waals surface area contributed by atoms with Gasteiger partial charge in [0.25, 0.3) is 5.91 Å². The summed E-state index contributed by atoms with van der Waals surface area (Å²) in [6.07, 6.45) is -6.69. The van der Waals surface area contributed by atoms with Gasteiger partial charge in [-0.25, -0.2) is 0 Å². The van der Waals surface area contributed by atoms with Gasteiger partial charge in [-0.05, 0) is 29.6 Å². The Morgan fingerprint density at radius 2 is 1.91 bits per heavy atom. The quantitative estimate of drug-likeness (QED) is 0.644. The Labute approximate surface area is 205 Å². The average molecular weight is 458 g/mol. The van der Waals surface area contributed by atoms with Gasteiger partial charge in [-0.2, -0.15) is 0 Å². The van der Waals surface area contributed by atoms with Crippen LogP contribution in [0.1, 0.15) is 52.1 Å². The van der Waals surface area contributed by atoms with E-state index in [1.54, 1.807) is 11.4 Å². The minimum absolute atomic E-state index is 0.0214. The fourth-order valence-electron chi connectivity index (χ4n) is 3.93. The number of hydrogen-bond acceptors (Lipinski definition) is 6. The summed E-state index contributed by atoms with van der Waals surface area (Å²) in [5.74, 6) is -3.92. The zero-order chi connectivity index (χ0) is 30.8. The van der Waals surface area contributed by atoms with Crippen LogP contribution in [0, 0.1) is 0 Å². The summed E-state index contributed by atoms with van der Waals surface area (Å²) in [5.41, 5.74) is 0.942. The number of carbonyl (C=O) groups is 3. The first-order valence-electron chi connectivity index (χ1n) is 15.1. The van der Waals surface area contributed by atoms with Crippen LogP contribution in [0.15, 0.2) is 42.4 Å². The Kier molecular flexibility index (Phi) is 3.81. The van der Waals surface area contributed by atoms with Crippen molar-refractivity contribution in [2.75, 3.05) is 31.6 Å². The number of amides is 3. The van der Waals surface area contributed by atoms with Crippen LogP contribution in [-0.4, -0.2) is 59.8 Å². The maximum absolute atomic E-state index is 13.4. The molecule has 3 heterocycles. The molecule has 2 saturated heterocycles. The summed E-state index contributed by atoms with van der Waals surface area (Å²) in [6, 6.07) is 0.581. The molecule has 0 spiro atoms. The molecule has 2 fully saturated rings. The Bertz CT molecular complexity index is 1470. The molecule has 0 unspecified atom stereocenters. The number of benzene rings is 2. The maximum atomic E-state index is 13.4. The van der Waals surface area contributed by atoms with E-state index in [1.165, 1.54) is 12.1 Å². The molecule has 5 rings (SSSR count). The Morgan fingerprint density at radius 1 is 1.15 bits per heavy atom. The molecule has 2 aromatic rings. The molecule has 2 aromatic carbocycles. The van der Waals surface area contributed by atoms with Crippen molar-refractivity contribution in [1.82, 2.24) is 15.1 Å². The second kappa shape index (κ2) is 9.33. The predicted octanol–water partition coefficient (Wildman–Crippen LogP) is 1.89. The molecule has 0 saturated carbocycles. The fourth-order valence-corrected chi connectivity index (χ4v) is 3.93. The van der Waals surface area contributed by atoms with Gasteiger partial charge in [-0.3, -0.25) is 24.6 Å². The third kappa shape index (κ3) is 4.62. The molecule has 1 atom stereocenters. The van der Waals surface area contributed by atoms with Crippen LogP contribution < -0.4 is 10.6 Å². The molecule has 0 radical (unpaired) electrons. The van der Waals surface area contributed by atoms with E-state index in [9.17, 15) is 14.4 Å². The largest absolute Gasteiger partial charge is 0.381 e. The molecular weight excluding hydrogens is 420 g/mol. The number of rotatable bonds is 6. The maximum Gasteiger partial charge on any atom is 0.255 e. The number of anilines is 1. The smallest absolute Gasteiger partial charge is 0.255 e. The number of fused-ring (bicyclic) bond motifs is 1. The molecule has 0 aliphatic carbocycles. The fraction of sp³-hybridized carbons (Fsp3) is 0.400. The topological polar surface area (TPSA) is 91.0 Å². The summed E-state index contributed by atoms with van der Waals surface area (Å²) in [4.78, 5) is 40.7. The van der Waals surface area contributed by atoms with E-state index >= 15 is 0 Å². The zero-order valence-electron chi connectivity index (χ0n) is 26.7. The lowest BCUT2D eigenvalue weighted by molar-refractivity contribution is -0.136. The van der Waals surface area contributed by atoms with Gasteiger partial charge in [0.1, 0.15) is 6.02 Å². The lowest BCUT2D eigenvalue weighted by Gasteiger charge is -2.29. The summed E-state index contributed by atoms with van der Waals surface area (Å²) < 4.78 is 80.5. The van der Waals surface area contributed by atoms with Crippen molar-refractivity contribution >= 4 is 23.4 Å². The molecule has 8 heteroatoms. The number of hydrogen-bond donors (Lipinski definition) is 2. The molecule has 3 aliphatic heterocycles. The van der Waals surface area contributed by atoms with Crippen molar-refractivity contribution in [2.45, 2.75) is 38.4 Å². The van der Waals surface area contributed by atoms with Crippen molar-refractivity contribution in [3.8, 4) is 0 Å². The SMILES string of the molecule is [2H]c1c([2H])c(CN2CCOCC2)c([2H])c([2H])c1CNc1cccc2c1CN([C@@]1([2H])C(=O)NC(=O)C([2H])([2H])C1([2H])[2H])C2=O. The van der Waals surface area contributed by atoms with Crippen molar-refractivity contribution < 1.29 is 31.5 Å². The van der Waals surface area contributed by atoms with Gasteiger partial charge in [-0.1, -0.05) is 30.2 Å². The van der Waals surface area contributed by atoms with E-state index in [0.29, 0.717) is 36.9 Å². The summed E-state index contributed by atoms with van der Waals surface area (Å²) in [7, 11) is 0. The first-order valence-corrected chi connectivity index (χ1v) is 10.6. The van der Waals surface area contributed by atoms with Gasteiger partial charge in [0.15, 0.2) is 0 Å². The summed E-state index contributed by atoms with van der Waals surface area (Å²) in [5, 5.41) is 4.69. The highest BCUT2D eigenvalue weighted by Gasteiger charge is 2.39. The van der Waals surface area contributed by atoms with Crippen LogP contribution in [0.2, 0.25) is 0 Å². The van der Waals surface area contributed by atoms with E-state index in [0.717, 1.165) is 0 Å². The summed E-state index contributed by atoms with van der Waals surface area (Å²) >= 11 is 0. The van der Waals surface area contributed by atoms with E-state index in [2.05, 4.69) is 5.32 Å². The predicted molar refractivity (Wildman–Crippen MR) is 122 cm³/mol. The minimum Gasteiger partial charge on any atom is -0.381 e. The zero-order valence-corrected chi connectivity index (χ0v) is 17.7. The number of ether oxygens (including phenoxy) is 1. The lowest BCUT2D eigenvalue weighted by Crippen LogP contribution is -2.52. The number of carbonyl (C=O) groups excluding carboxylic acids is 3. The van der Waals surface area contributed by atoms with Crippen molar-refractivity contribution in [3.63, 3.8) is 0 Å². The van der Waals surface area contributed by atoms with Gasteiger partial charge in [0, 0.05) is 61.4 Å². The molecule has 3 amide bonds. The molecule has 0 aromatic heterocycles. The second-order valence-corrected chi connectivity index (χ2v) is 7.80. The van der Waals surface area contributed by atoms with Crippen LogP contribution in [0.4, 0.5) is 5.69 Å². The Morgan fingerprint density at radius 3 is 2.70 bits per heavy atom. The van der Waals surface area contributed by atoms with Crippen molar-refractivity contribution in [1.29, 1.82) is 0 Å². The summed E-state index contributed by atoms with van der Waals surface area (Å²) in [6.45, 7) is 1.88. The molecule has 8 nitrogen and oxygen atoms in total. The third-order valence-corrected chi connectivity index (χ3v) is 5.64. The number of imide groups is 1. The van der Waals surface area contributed by atoms with E-state index in [1.807, 2.05) is 4.90 Å². The van der Waals surface area contributed by atoms with E-state index < -0.39 is 43.0 Å². The van der Waals surface area contributed by atoms with E-state index in [4.69, 9.17) is 17.1 Å². The van der Waals surface area contributed by atoms with Crippen LogP contribution in [-0.2, 0) is 34.0 Å². The lowest BCUT2D eigenvalue weighted by atomic mass is 10.0. The van der Waals surface area contributed by atoms with Crippen LogP contribution in [0.5, 0.6) is 0 Å². The van der Waals surface area contributed by atoms with E-state index in [-0.39, 0.29) is 59.5 Å². The van der Waals surface area contributed by atoms with Gasteiger partial charge in [0.05, 0.1) is 20.1 Å². The highest BCUT2D eigenvalue weighted by molar-refractivity contribution is 6.06. The van der Waals surface area contributed by atoms with Crippen LogP contribution in [0.25, 0.3) is 0 Å². The minimum atomic E-state index is -3.40. The van der Waals surface area contributed by atoms with Crippen molar-refractivity contribution in [2.24, 2.45) is 0 Å². The Hall–Kier alpha value is -3.23.